The number of hydrogen-bond acceptors (Lipinski definition) is 4. The van der Waals surface area contributed by atoms with Crippen molar-refractivity contribution in [1.82, 2.24) is 0 Å². The highest BCUT2D eigenvalue weighted by atomic mass is 16.4. The number of anilines is 1. The molecule has 0 aliphatic rings. The molecule has 5 nitrogen and oxygen atoms in total. The zero-order valence-corrected chi connectivity index (χ0v) is 7.56. The first kappa shape index (κ1) is 9.26. The molecule has 0 spiro atoms. The number of nitrogen functional groups attached to an aromatic ring is 1. The van der Waals surface area contributed by atoms with Crippen LogP contribution in [0.2, 0.25) is 0 Å². The number of nitrogens with two attached hydrogens (primary N) is 1. The Kier molecular flexibility index (Phi) is 1.93. The van der Waals surface area contributed by atoms with E-state index in [0.717, 1.165) is 6.07 Å². The van der Waals surface area contributed by atoms with E-state index in [0.29, 0.717) is 11.1 Å². The van der Waals surface area contributed by atoms with Crippen LogP contribution in [0.15, 0.2) is 33.5 Å². The van der Waals surface area contributed by atoms with Crippen LogP contribution in [0.25, 0.3) is 11.0 Å². The summed E-state index contributed by atoms with van der Waals surface area (Å²) in [5.41, 5.74) is 5.30. The lowest BCUT2D eigenvalue weighted by Crippen LogP contribution is -2.05. The van der Waals surface area contributed by atoms with Gasteiger partial charge in [0.1, 0.15) is 5.58 Å². The maximum Gasteiger partial charge on any atom is 0.337 e. The van der Waals surface area contributed by atoms with Crippen LogP contribution in [-0.4, -0.2) is 11.1 Å². The summed E-state index contributed by atoms with van der Waals surface area (Å²) in [6.07, 6.45) is 0. The van der Waals surface area contributed by atoms with E-state index in [2.05, 4.69) is 0 Å². The number of carbonyl (C=O) groups is 1. The first-order chi connectivity index (χ1) is 7.08. The first-order valence-corrected chi connectivity index (χ1v) is 4.14. The number of benzene rings is 1. The van der Waals surface area contributed by atoms with Gasteiger partial charge in [-0.2, -0.15) is 0 Å². The van der Waals surface area contributed by atoms with Gasteiger partial charge in [0.05, 0.1) is 5.56 Å². The van der Waals surface area contributed by atoms with Crippen molar-refractivity contribution >= 4 is 22.6 Å². The molecule has 0 unspecified atom stereocenters. The topological polar surface area (TPSA) is 93.5 Å². The van der Waals surface area contributed by atoms with Gasteiger partial charge in [-0.15, -0.1) is 0 Å². The quantitative estimate of drug-likeness (QED) is 0.536. The molecular weight excluding hydrogens is 198 g/mol. The van der Waals surface area contributed by atoms with Gasteiger partial charge in [-0.05, 0) is 12.1 Å². The maximum absolute atomic E-state index is 11.0. The van der Waals surface area contributed by atoms with Crippen molar-refractivity contribution in [2.24, 2.45) is 0 Å². The second kappa shape index (κ2) is 3.13. The molecule has 0 radical (unpaired) electrons. The Labute approximate surface area is 83.7 Å². The number of fused-ring (bicyclic) bond motifs is 1. The predicted molar refractivity (Wildman–Crippen MR) is 53.9 cm³/mol. The average molecular weight is 205 g/mol. The lowest BCUT2D eigenvalue weighted by atomic mass is 10.1. The second-order valence-corrected chi connectivity index (χ2v) is 3.04. The third-order valence-electron chi connectivity index (χ3n) is 2.00. The molecule has 1 aromatic heterocycles. The van der Waals surface area contributed by atoms with E-state index in [-0.39, 0.29) is 11.1 Å². The summed E-state index contributed by atoms with van der Waals surface area (Å²) in [6.45, 7) is 0. The monoisotopic (exact) mass is 205 g/mol. The molecule has 0 saturated carbocycles. The van der Waals surface area contributed by atoms with Gasteiger partial charge in [-0.3, -0.25) is 0 Å². The van der Waals surface area contributed by atoms with Crippen LogP contribution < -0.4 is 11.4 Å². The maximum atomic E-state index is 11.0. The number of rotatable bonds is 1. The van der Waals surface area contributed by atoms with Crippen LogP contribution in [0.4, 0.5) is 5.69 Å². The highest BCUT2D eigenvalue weighted by Crippen LogP contribution is 2.19. The Bertz CT molecular complexity index is 600. The predicted octanol–water partition coefficient (Wildman–Crippen LogP) is 1.07. The summed E-state index contributed by atoms with van der Waals surface area (Å²) < 4.78 is 4.83. The van der Waals surface area contributed by atoms with E-state index in [9.17, 15) is 9.59 Å². The smallest absolute Gasteiger partial charge is 0.337 e. The molecule has 1 aromatic carbocycles. The van der Waals surface area contributed by atoms with Gasteiger partial charge in [0.2, 0.25) is 0 Å². The Balaban J connectivity index is 2.92. The minimum Gasteiger partial charge on any atom is -0.478 e. The van der Waals surface area contributed by atoms with E-state index in [4.69, 9.17) is 15.3 Å². The molecular formula is C10H7NO4. The van der Waals surface area contributed by atoms with Crippen LogP contribution >= 0.6 is 0 Å². The molecule has 0 aliphatic carbocycles. The number of hydrogen-bond donors (Lipinski definition) is 2. The molecule has 2 aromatic rings. The minimum absolute atomic E-state index is 0.0822. The van der Waals surface area contributed by atoms with Crippen LogP contribution in [0.5, 0.6) is 0 Å². The molecule has 0 amide bonds. The van der Waals surface area contributed by atoms with Gasteiger partial charge in [0, 0.05) is 23.2 Å². The molecule has 1 heterocycles. The summed E-state index contributed by atoms with van der Waals surface area (Å²) in [5, 5.41) is 9.22. The van der Waals surface area contributed by atoms with E-state index in [1.165, 1.54) is 12.1 Å². The Morgan fingerprint density at radius 1 is 1.33 bits per heavy atom. The van der Waals surface area contributed by atoms with Crippen molar-refractivity contribution in [3.8, 4) is 0 Å². The fraction of sp³-hybridized carbons (Fsp3) is 0. The fourth-order valence-corrected chi connectivity index (χ4v) is 1.36. The molecule has 76 valence electrons. The Morgan fingerprint density at radius 2 is 2.07 bits per heavy atom. The van der Waals surface area contributed by atoms with Crippen molar-refractivity contribution in [3.05, 3.63) is 40.2 Å². The Hall–Kier alpha value is -2.30. The standard InChI is InChI=1S/C10H7NO4/c11-5-1-2-6-7(10(13)14)4-9(12)15-8(6)3-5/h1-4H,11H2,(H,13,14). The zero-order chi connectivity index (χ0) is 11.0. The summed E-state index contributed by atoms with van der Waals surface area (Å²) in [5.74, 6) is -1.17. The largest absolute Gasteiger partial charge is 0.478 e. The SMILES string of the molecule is Nc1ccc2c(C(=O)O)cc(=O)oc2c1. The van der Waals surface area contributed by atoms with Gasteiger partial charge in [0.15, 0.2) is 0 Å². The van der Waals surface area contributed by atoms with Crippen LogP contribution in [0.3, 0.4) is 0 Å². The van der Waals surface area contributed by atoms with Gasteiger partial charge in [-0.25, -0.2) is 9.59 Å². The molecule has 0 atom stereocenters. The van der Waals surface area contributed by atoms with Crippen LogP contribution in [-0.2, 0) is 0 Å². The van der Waals surface area contributed by atoms with E-state index in [1.54, 1.807) is 6.07 Å². The molecule has 5 heteroatoms. The Morgan fingerprint density at radius 3 is 2.73 bits per heavy atom. The molecule has 15 heavy (non-hydrogen) atoms. The van der Waals surface area contributed by atoms with Crippen molar-refractivity contribution in [2.75, 3.05) is 5.73 Å². The van der Waals surface area contributed by atoms with Crippen LogP contribution in [0, 0.1) is 0 Å². The fourth-order valence-electron chi connectivity index (χ4n) is 1.36. The van der Waals surface area contributed by atoms with Gasteiger partial charge in [-0.1, -0.05) is 0 Å². The average Bonchev–Trinajstić information content (AvgIpc) is 2.15. The lowest BCUT2D eigenvalue weighted by Gasteiger charge is -2.01. The van der Waals surface area contributed by atoms with Gasteiger partial charge >= 0.3 is 11.6 Å². The highest BCUT2D eigenvalue weighted by Gasteiger charge is 2.11. The summed E-state index contributed by atoms with van der Waals surface area (Å²) in [4.78, 5) is 21.9. The van der Waals surface area contributed by atoms with E-state index in [1.807, 2.05) is 0 Å². The molecule has 0 aliphatic heterocycles. The van der Waals surface area contributed by atoms with Crippen molar-refractivity contribution in [3.63, 3.8) is 0 Å². The molecule has 0 bridgehead atoms. The van der Waals surface area contributed by atoms with E-state index >= 15 is 0 Å². The van der Waals surface area contributed by atoms with Crippen molar-refractivity contribution in [2.45, 2.75) is 0 Å². The minimum atomic E-state index is -1.17. The number of carboxylic acids is 1. The van der Waals surface area contributed by atoms with Gasteiger partial charge in [0.25, 0.3) is 0 Å². The van der Waals surface area contributed by atoms with E-state index < -0.39 is 11.6 Å². The number of carboxylic acid groups (broad SMARTS) is 1. The third kappa shape index (κ3) is 1.54. The third-order valence-corrected chi connectivity index (χ3v) is 2.00. The molecule has 3 N–H and O–H groups in total. The summed E-state index contributed by atoms with van der Waals surface area (Å²) >= 11 is 0. The van der Waals surface area contributed by atoms with Crippen molar-refractivity contribution < 1.29 is 14.3 Å². The zero-order valence-electron chi connectivity index (χ0n) is 7.56. The van der Waals surface area contributed by atoms with Crippen LogP contribution in [0.1, 0.15) is 10.4 Å². The molecule has 2 rings (SSSR count). The van der Waals surface area contributed by atoms with Gasteiger partial charge < -0.3 is 15.3 Å². The molecule has 0 saturated heterocycles. The first-order valence-electron chi connectivity index (χ1n) is 4.14. The normalized spacial score (nSPS) is 10.4. The summed E-state index contributed by atoms with van der Waals surface area (Å²) in [6, 6.07) is 5.43. The number of aromatic carboxylic acids is 1. The molecule has 0 fully saturated rings. The highest BCUT2D eigenvalue weighted by molar-refractivity contribution is 6.02. The van der Waals surface area contributed by atoms with Crippen molar-refractivity contribution in [1.29, 1.82) is 0 Å². The second-order valence-electron chi connectivity index (χ2n) is 3.04. The lowest BCUT2D eigenvalue weighted by molar-refractivity contribution is 0.0698. The summed E-state index contributed by atoms with van der Waals surface area (Å²) in [7, 11) is 0.